The predicted molar refractivity (Wildman–Crippen MR) is 120 cm³/mol. The lowest BCUT2D eigenvalue weighted by Crippen LogP contribution is -2.19. The second-order valence-corrected chi connectivity index (χ2v) is 6.59. The van der Waals surface area contributed by atoms with Gasteiger partial charge < -0.3 is 4.74 Å². The summed E-state index contributed by atoms with van der Waals surface area (Å²) in [6.07, 6.45) is -0.735. The molecule has 1 saturated heterocycles. The number of non-ortho nitro benzene ring substituents is 1. The molecular formula is C22H18N6O3. The second kappa shape index (κ2) is 8.87. The standard InChI is InChI=1S/C22H18N6O3/c23-22-20(27-25-17-9-5-2-6-10-17)19(26-24-16-7-3-1-4-8-16)21(31-22)15-11-13-18(14-12-15)28(29)30/h1-14,21,23-25H. The average molecular weight is 414 g/mol. The maximum Gasteiger partial charge on any atom is 0.269 e. The number of nitrogens with zero attached hydrogens (tertiary/aromatic N) is 3. The molecule has 1 unspecified atom stereocenters. The summed E-state index contributed by atoms with van der Waals surface area (Å²) in [7, 11) is 0. The fraction of sp³-hybridized carbons (Fsp3) is 0.0455. The number of anilines is 2. The number of nitro benzene ring substituents is 1. The first-order valence-corrected chi connectivity index (χ1v) is 9.39. The average Bonchev–Trinajstić information content (AvgIpc) is 3.12. The topological polar surface area (TPSA) is 125 Å². The third-order valence-corrected chi connectivity index (χ3v) is 4.50. The van der Waals surface area contributed by atoms with Crippen molar-refractivity contribution in [1.82, 2.24) is 0 Å². The Bertz CT molecular complexity index is 1140. The van der Waals surface area contributed by atoms with Gasteiger partial charge >= 0.3 is 0 Å². The van der Waals surface area contributed by atoms with E-state index in [1.807, 2.05) is 60.7 Å². The fourth-order valence-corrected chi connectivity index (χ4v) is 2.96. The molecule has 3 aromatic carbocycles. The van der Waals surface area contributed by atoms with Crippen LogP contribution in [0.4, 0.5) is 17.1 Å². The minimum atomic E-state index is -0.735. The summed E-state index contributed by atoms with van der Waals surface area (Å²) in [6, 6.07) is 24.6. The second-order valence-electron chi connectivity index (χ2n) is 6.59. The smallest absolute Gasteiger partial charge is 0.269 e. The van der Waals surface area contributed by atoms with Crippen molar-refractivity contribution in [2.45, 2.75) is 6.10 Å². The van der Waals surface area contributed by atoms with Crippen molar-refractivity contribution in [3.63, 3.8) is 0 Å². The molecule has 0 saturated carbocycles. The Morgan fingerprint density at radius 2 is 1.39 bits per heavy atom. The number of ether oxygens (including phenoxy) is 1. The molecule has 1 aliphatic heterocycles. The highest BCUT2D eigenvalue weighted by Gasteiger charge is 2.37. The van der Waals surface area contributed by atoms with Crippen molar-refractivity contribution < 1.29 is 9.66 Å². The van der Waals surface area contributed by atoms with E-state index >= 15 is 0 Å². The lowest BCUT2D eigenvalue weighted by molar-refractivity contribution is -0.384. The summed E-state index contributed by atoms with van der Waals surface area (Å²) < 4.78 is 5.72. The summed E-state index contributed by atoms with van der Waals surface area (Å²) in [5.74, 6) is -0.152. The summed E-state index contributed by atoms with van der Waals surface area (Å²) in [6.45, 7) is 0. The molecule has 0 amide bonds. The van der Waals surface area contributed by atoms with Crippen LogP contribution in [0.3, 0.4) is 0 Å². The van der Waals surface area contributed by atoms with Crippen molar-refractivity contribution in [3.05, 3.63) is 101 Å². The third kappa shape index (κ3) is 4.56. The molecule has 0 bridgehead atoms. The van der Waals surface area contributed by atoms with Gasteiger partial charge in [0.2, 0.25) is 5.90 Å². The number of rotatable bonds is 6. The van der Waals surface area contributed by atoms with Gasteiger partial charge in [-0.05, 0) is 42.0 Å². The van der Waals surface area contributed by atoms with E-state index in [1.54, 1.807) is 12.1 Å². The molecule has 1 aliphatic rings. The SMILES string of the molecule is N=C1OC(c2ccc([N+](=O)[O-])cc2)C(=NNc2ccccc2)C1=NNc1ccccc1. The number of benzene rings is 3. The van der Waals surface area contributed by atoms with E-state index in [4.69, 9.17) is 10.1 Å². The van der Waals surface area contributed by atoms with Gasteiger partial charge in [0.1, 0.15) is 5.71 Å². The van der Waals surface area contributed by atoms with Crippen LogP contribution in [0.25, 0.3) is 0 Å². The summed E-state index contributed by atoms with van der Waals surface area (Å²) in [4.78, 5) is 10.5. The highest BCUT2D eigenvalue weighted by atomic mass is 16.6. The van der Waals surface area contributed by atoms with Gasteiger partial charge in [0.05, 0.1) is 16.3 Å². The molecule has 31 heavy (non-hydrogen) atoms. The summed E-state index contributed by atoms with van der Waals surface area (Å²) >= 11 is 0. The molecule has 1 atom stereocenters. The van der Waals surface area contributed by atoms with Gasteiger partial charge in [-0.3, -0.25) is 26.4 Å². The Morgan fingerprint density at radius 1 is 0.839 bits per heavy atom. The van der Waals surface area contributed by atoms with Crippen LogP contribution in [-0.2, 0) is 4.74 Å². The molecular weight excluding hydrogens is 396 g/mol. The Morgan fingerprint density at radius 3 is 1.94 bits per heavy atom. The molecule has 9 heteroatoms. The minimum Gasteiger partial charge on any atom is -0.461 e. The van der Waals surface area contributed by atoms with E-state index < -0.39 is 11.0 Å². The number of hydrogen-bond acceptors (Lipinski definition) is 8. The number of para-hydroxylation sites is 2. The molecule has 3 N–H and O–H groups in total. The van der Waals surface area contributed by atoms with E-state index in [0.29, 0.717) is 11.3 Å². The van der Waals surface area contributed by atoms with Gasteiger partial charge in [-0.2, -0.15) is 10.2 Å². The molecule has 9 nitrogen and oxygen atoms in total. The summed E-state index contributed by atoms with van der Waals surface area (Å²) in [5, 5.41) is 28.0. The molecule has 3 aromatic rings. The minimum absolute atomic E-state index is 0.0302. The molecule has 4 rings (SSSR count). The maximum atomic E-state index is 11.0. The van der Waals surface area contributed by atoms with E-state index in [9.17, 15) is 10.1 Å². The maximum absolute atomic E-state index is 11.0. The monoisotopic (exact) mass is 414 g/mol. The van der Waals surface area contributed by atoms with Crippen LogP contribution in [0.5, 0.6) is 0 Å². The van der Waals surface area contributed by atoms with Crippen LogP contribution in [0.1, 0.15) is 11.7 Å². The Balaban J connectivity index is 1.68. The van der Waals surface area contributed by atoms with E-state index in [1.165, 1.54) is 12.1 Å². The third-order valence-electron chi connectivity index (χ3n) is 4.50. The number of hydrogen-bond donors (Lipinski definition) is 3. The zero-order valence-electron chi connectivity index (χ0n) is 16.2. The Kier molecular flexibility index (Phi) is 5.66. The van der Waals surface area contributed by atoms with Gasteiger partial charge in [0.25, 0.3) is 5.69 Å². The Hall–Kier alpha value is -4.53. The van der Waals surface area contributed by atoms with Crippen LogP contribution in [0, 0.1) is 15.5 Å². The highest BCUT2D eigenvalue weighted by molar-refractivity contribution is 6.69. The van der Waals surface area contributed by atoms with Gasteiger partial charge in [-0.15, -0.1) is 0 Å². The zero-order chi connectivity index (χ0) is 21.6. The quantitative estimate of drug-likeness (QED) is 0.402. The molecule has 154 valence electrons. The van der Waals surface area contributed by atoms with Gasteiger partial charge in [-0.1, -0.05) is 36.4 Å². The van der Waals surface area contributed by atoms with E-state index in [0.717, 1.165) is 11.4 Å². The van der Waals surface area contributed by atoms with E-state index in [2.05, 4.69) is 21.1 Å². The first kappa shape index (κ1) is 19.8. The Labute approximate surface area is 177 Å². The summed E-state index contributed by atoms with van der Waals surface area (Å²) in [5.41, 5.74) is 8.57. The van der Waals surface area contributed by atoms with Crippen molar-refractivity contribution in [2.24, 2.45) is 10.2 Å². The lowest BCUT2D eigenvalue weighted by atomic mass is 10.0. The number of hydrazone groups is 2. The first-order valence-electron chi connectivity index (χ1n) is 9.39. The number of nitrogens with one attached hydrogen (secondary N) is 3. The highest BCUT2D eigenvalue weighted by Crippen LogP contribution is 2.28. The number of nitro groups is 1. The van der Waals surface area contributed by atoms with Crippen molar-refractivity contribution in [3.8, 4) is 0 Å². The normalized spacial score (nSPS) is 18.1. The zero-order valence-corrected chi connectivity index (χ0v) is 16.2. The molecule has 0 radical (unpaired) electrons. The molecule has 1 heterocycles. The lowest BCUT2D eigenvalue weighted by Gasteiger charge is -2.11. The van der Waals surface area contributed by atoms with Crippen LogP contribution in [0.15, 0.2) is 95.1 Å². The van der Waals surface area contributed by atoms with Crippen LogP contribution >= 0.6 is 0 Å². The van der Waals surface area contributed by atoms with E-state index in [-0.39, 0.29) is 17.3 Å². The van der Waals surface area contributed by atoms with Crippen molar-refractivity contribution >= 4 is 34.4 Å². The van der Waals surface area contributed by atoms with Crippen LogP contribution in [0.2, 0.25) is 0 Å². The van der Waals surface area contributed by atoms with Crippen LogP contribution in [-0.4, -0.2) is 22.2 Å². The van der Waals surface area contributed by atoms with Crippen LogP contribution < -0.4 is 10.9 Å². The predicted octanol–water partition coefficient (Wildman–Crippen LogP) is 4.58. The largest absolute Gasteiger partial charge is 0.461 e. The molecule has 0 spiro atoms. The van der Waals surface area contributed by atoms with Crippen molar-refractivity contribution in [1.29, 1.82) is 5.41 Å². The van der Waals surface area contributed by atoms with Crippen molar-refractivity contribution in [2.75, 3.05) is 10.9 Å². The fourth-order valence-electron chi connectivity index (χ4n) is 2.96. The van der Waals surface area contributed by atoms with Gasteiger partial charge in [-0.25, -0.2) is 0 Å². The molecule has 0 aromatic heterocycles. The first-order chi connectivity index (χ1) is 15.1. The molecule has 1 fully saturated rings. The van der Waals surface area contributed by atoms with Gasteiger partial charge in [0, 0.05) is 12.1 Å². The van der Waals surface area contributed by atoms with Gasteiger partial charge in [0.15, 0.2) is 11.8 Å². The molecule has 0 aliphatic carbocycles.